The Kier molecular flexibility index (Phi) is 9.92. The summed E-state index contributed by atoms with van der Waals surface area (Å²) in [7, 11) is 0. The third-order valence-corrected chi connectivity index (χ3v) is 7.34. The normalized spacial score (nSPS) is 16.0. The molecule has 42 heavy (non-hydrogen) atoms. The van der Waals surface area contributed by atoms with Crippen molar-refractivity contribution < 1.29 is 18.8 Å². The average Bonchev–Trinajstić information content (AvgIpc) is 3.52. The molecule has 12 heteroatoms. The third-order valence-electron chi connectivity index (χ3n) is 7.34. The molecular weight excluding hydrogens is 538 g/mol. The van der Waals surface area contributed by atoms with Gasteiger partial charge in [-0.2, -0.15) is 0 Å². The van der Waals surface area contributed by atoms with Crippen LogP contribution in [0, 0.1) is 6.92 Å². The Morgan fingerprint density at radius 2 is 1.83 bits per heavy atom. The average molecular weight is 576 g/mol. The van der Waals surface area contributed by atoms with Crippen LogP contribution in [0.5, 0.6) is 0 Å². The van der Waals surface area contributed by atoms with Crippen LogP contribution in [-0.4, -0.2) is 54.8 Å². The highest BCUT2D eigenvalue weighted by molar-refractivity contribution is 6.14. The molecule has 0 spiro atoms. The minimum atomic E-state index is -1.01. The summed E-state index contributed by atoms with van der Waals surface area (Å²) in [5.74, 6) is -1.30. The smallest absolute Gasteiger partial charge is 0.341 e. The number of hydrogen-bond donors (Lipinski definition) is 6. The minimum absolute atomic E-state index is 0.0830. The van der Waals surface area contributed by atoms with E-state index in [-0.39, 0.29) is 59.7 Å². The molecule has 0 saturated carbocycles. The first-order valence-corrected chi connectivity index (χ1v) is 13.9. The first kappa shape index (κ1) is 30.3. The number of nitrogen functional groups attached to an aromatic ring is 1. The molecule has 3 aromatic rings. The molecule has 222 valence electrons. The molecule has 1 aromatic heterocycles. The number of ketones is 1. The number of anilines is 1. The number of benzene rings is 2. The van der Waals surface area contributed by atoms with Crippen LogP contribution in [0.2, 0.25) is 0 Å². The molecule has 1 aliphatic rings. The maximum atomic E-state index is 14.0. The van der Waals surface area contributed by atoms with E-state index in [4.69, 9.17) is 21.6 Å². The van der Waals surface area contributed by atoms with Gasteiger partial charge in [-0.05, 0) is 50.8 Å². The Morgan fingerprint density at radius 1 is 1.07 bits per heavy atom. The number of nitrogens with zero attached hydrogens (tertiary/aromatic N) is 1. The van der Waals surface area contributed by atoms with Gasteiger partial charge in [0.15, 0.2) is 11.7 Å². The van der Waals surface area contributed by atoms with Gasteiger partial charge in [-0.3, -0.25) is 19.4 Å². The lowest BCUT2D eigenvalue weighted by Gasteiger charge is -2.24. The topological polar surface area (TPSA) is 208 Å². The Morgan fingerprint density at radius 3 is 2.52 bits per heavy atom. The number of carbonyl (C=O) groups excluding carboxylic acids is 3. The van der Waals surface area contributed by atoms with E-state index in [2.05, 4.69) is 20.9 Å². The molecule has 1 aliphatic heterocycles. The van der Waals surface area contributed by atoms with Crippen molar-refractivity contribution in [3.8, 4) is 0 Å². The van der Waals surface area contributed by atoms with E-state index in [9.17, 15) is 19.2 Å². The summed E-state index contributed by atoms with van der Waals surface area (Å²) in [5.41, 5.74) is 18.1. The second kappa shape index (κ2) is 13.8. The van der Waals surface area contributed by atoms with Gasteiger partial charge in [0, 0.05) is 18.5 Å². The molecule has 3 unspecified atom stereocenters. The number of Topliss-reactive ketones (excluding diaryl/α,β-unsaturated/α-hetero) is 1. The molecule has 0 bridgehead atoms. The van der Waals surface area contributed by atoms with E-state index >= 15 is 0 Å². The van der Waals surface area contributed by atoms with Gasteiger partial charge in [0.25, 0.3) is 0 Å². The van der Waals surface area contributed by atoms with Crippen LogP contribution in [0.15, 0.2) is 62.7 Å². The standard InChI is InChI=1S/C30H37N7O5/c1-17-25(31)24-19(10-5-13-23(24)42-29(17)41)26(38)20(11-6-15-35-30(32)33)36-28(40)22(16-18-8-3-2-4-9-18)37-27(39)21-12-7-14-34-21/h2-5,8-10,13,20-22,34H,6-7,11-12,14-16,31H2,1H3,(H,36,40)(H,37,39)(H4,32,33,35). The van der Waals surface area contributed by atoms with Crippen molar-refractivity contribution in [1.82, 2.24) is 16.0 Å². The largest absolute Gasteiger partial charge is 0.422 e. The van der Waals surface area contributed by atoms with E-state index in [0.29, 0.717) is 18.2 Å². The number of nitrogens with two attached hydrogens (primary N) is 3. The monoisotopic (exact) mass is 575 g/mol. The summed E-state index contributed by atoms with van der Waals surface area (Å²) in [4.78, 5) is 56.9. The van der Waals surface area contributed by atoms with E-state index in [1.165, 1.54) is 6.92 Å². The Bertz CT molecular complexity index is 1530. The van der Waals surface area contributed by atoms with Crippen molar-refractivity contribution >= 4 is 40.2 Å². The molecule has 1 saturated heterocycles. The highest BCUT2D eigenvalue weighted by Crippen LogP contribution is 2.27. The number of carbonyl (C=O) groups is 3. The first-order valence-electron chi connectivity index (χ1n) is 13.9. The van der Waals surface area contributed by atoms with Gasteiger partial charge in [0.2, 0.25) is 11.8 Å². The molecular formula is C30H37N7O5. The van der Waals surface area contributed by atoms with E-state index in [1.54, 1.807) is 18.2 Å². The van der Waals surface area contributed by atoms with Gasteiger partial charge in [0.1, 0.15) is 11.6 Å². The molecule has 3 atom stereocenters. The van der Waals surface area contributed by atoms with Crippen molar-refractivity contribution in [3.63, 3.8) is 0 Å². The van der Waals surface area contributed by atoms with E-state index < -0.39 is 29.4 Å². The van der Waals surface area contributed by atoms with Crippen molar-refractivity contribution in [1.29, 1.82) is 0 Å². The second-order valence-electron chi connectivity index (χ2n) is 10.4. The van der Waals surface area contributed by atoms with Crippen molar-refractivity contribution in [2.75, 3.05) is 18.8 Å². The van der Waals surface area contributed by atoms with E-state index in [1.807, 2.05) is 30.3 Å². The fraction of sp³-hybridized carbons (Fsp3) is 0.367. The lowest BCUT2D eigenvalue weighted by Crippen LogP contribution is -2.55. The van der Waals surface area contributed by atoms with Crippen LogP contribution < -0.4 is 38.8 Å². The lowest BCUT2D eigenvalue weighted by atomic mass is 9.95. The summed E-state index contributed by atoms with van der Waals surface area (Å²) in [6, 6.07) is 11.7. The van der Waals surface area contributed by atoms with Crippen LogP contribution in [0.1, 0.15) is 47.2 Å². The van der Waals surface area contributed by atoms with Crippen LogP contribution in [0.3, 0.4) is 0 Å². The molecule has 2 amide bonds. The second-order valence-corrected chi connectivity index (χ2v) is 10.4. The number of fused-ring (bicyclic) bond motifs is 1. The highest BCUT2D eigenvalue weighted by atomic mass is 16.4. The van der Waals surface area contributed by atoms with Gasteiger partial charge in [-0.1, -0.05) is 42.5 Å². The number of rotatable bonds is 12. The quantitative estimate of drug-likeness (QED) is 0.0595. The summed E-state index contributed by atoms with van der Waals surface area (Å²) >= 11 is 0. The Balaban J connectivity index is 1.64. The zero-order valence-corrected chi connectivity index (χ0v) is 23.5. The molecule has 9 N–H and O–H groups in total. The van der Waals surface area contributed by atoms with Gasteiger partial charge in [-0.15, -0.1) is 0 Å². The minimum Gasteiger partial charge on any atom is -0.422 e. The summed E-state index contributed by atoms with van der Waals surface area (Å²) in [6.45, 7) is 2.49. The summed E-state index contributed by atoms with van der Waals surface area (Å²) in [6.07, 6.45) is 2.35. The van der Waals surface area contributed by atoms with Gasteiger partial charge in [-0.25, -0.2) is 4.79 Å². The summed E-state index contributed by atoms with van der Waals surface area (Å²) < 4.78 is 5.37. The van der Waals surface area contributed by atoms with Gasteiger partial charge < -0.3 is 37.6 Å². The molecule has 4 rings (SSSR count). The molecule has 2 heterocycles. The predicted octanol–water partition coefficient (Wildman–Crippen LogP) is 0.884. The first-order chi connectivity index (χ1) is 20.2. The number of hydrogen-bond acceptors (Lipinski definition) is 8. The van der Waals surface area contributed by atoms with Crippen LogP contribution in [0.25, 0.3) is 11.0 Å². The Labute approximate surface area is 243 Å². The highest BCUT2D eigenvalue weighted by Gasteiger charge is 2.31. The van der Waals surface area contributed by atoms with Crippen LogP contribution in [-0.2, 0) is 16.0 Å². The Hall–Kier alpha value is -4.71. The van der Waals surface area contributed by atoms with Crippen molar-refractivity contribution in [2.45, 2.75) is 57.2 Å². The van der Waals surface area contributed by atoms with E-state index in [0.717, 1.165) is 18.5 Å². The van der Waals surface area contributed by atoms with Crippen LogP contribution in [0.4, 0.5) is 5.69 Å². The van der Waals surface area contributed by atoms with Gasteiger partial charge in [0.05, 0.1) is 28.7 Å². The lowest BCUT2D eigenvalue weighted by molar-refractivity contribution is -0.130. The zero-order chi connectivity index (χ0) is 30.2. The molecule has 2 aromatic carbocycles. The maximum absolute atomic E-state index is 14.0. The third kappa shape index (κ3) is 7.32. The summed E-state index contributed by atoms with van der Waals surface area (Å²) in [5, 5.41) is 9.18. The van der Waals surface area contributed by atoms with Gasteiger partial charge >= 0.3 is 5.63 Å². The van der Waals surface area contributed by atoms with Crippen molar-refractivity contribution in [2.24, 2.45) is 16.5 Å². The number of guanidine groups is 1. The van der Waals surface area contributed by atoms with Crippen LogP contribution >= 0.6 is 0 Å². The maximum Gasteiger partial charge on any atom is 0.341 e. The molecule has 12 nitrogen and oxygen atoms in total. The fourth-order valence-corrected chi connectivity index (χ4v) is 5.05. The number of amides is 2. The molecule has 0 radical (unpaired) electrons. The number of nitrogens with one attached hydrogen (secondary N) is 3. The fourth-order valence-electron chi connectivity index (χ4n) is 5.05. The molecule has 0 aliphatic carbocycles. The zero-order valence-electron chi connectivity index (χ0n) is 23.5. The molecule has 1 fully saturated rings. The number of aliphatic imine (C=N–C) groups is 1. The SMILES string of the molecule is Cc1c(N)c2c(C(=O)C(CCCN=C(N)N)NC(=O)C(Cc3ccccc3)NC(=O)C3CCCN3)cccc2oc1=O. The van der Waals surface area contributed by atoms with Crippen molar-refractivity contribution in [3.05, 3.63) is 75.6 Å². The predicted molar refractivity (Wildman–Crippen MR) is 161 cm³/mol.